The van der Waals surface area contributed by atoms with E-state index in [1.54, 1.807) is 0 Å². The summed E-state index contributed by atoms with van der Waals surface area (Å²) in [6.45, 7) is 5.21. The van der Waals surface area contributed by atoms with E-state index in [2.05, 4.69) is 10.6 Å². The SMILES string of the molecule is Cc1ccccc1CNC(=O)[C@@H]1CSCN1C(=O)[C@@H](O)[C@H](Cc1ccccc1)NC(=O)C(C)C(C)C(=O)O. The van der Waals surface area contributed by atoms with E-state index in [9.17, 15) is 29.4 Å². The van der Waals surface area contributed by atoms with Crippen molar-refractivity contribution >= 4 is 35.5 Å². The number of carboxylic acids is 1. The second kappa shape index (κ2) is 13.4. The molecule has 204 valence electrons. The summed E-state index contributed by atoms with van der Waals surface area (Å²) >= 11 is 1.41. The molecule has 0 saturated carbocycles. The van der Waals surface area contributed by atoms with Gasteiger partial charge in [-0.25, -0.2) is 0 Å². The first-order valence-corrected chi connectivity index (χ1v) is 13.7. The molecule has 1 aliphatic heterocycles. The number of nitrogens with zero attached hydrogens (tertiary/aromatic N) is 1. The van der Waals surface area contributed by atoms with Crippen LogP contribution in [0.1, 0.15) is 30.5 Å². The van der Waals surface area contributed by atoms with Gasteiger partial charge in [-0.3, -0.25) is 19.2 Å². The van der Waals surface area contributed by atoms with Gasteiger partial charge in [0.1, 0.15) is 6.04 Å². The maximum Gasteiger partial charge on any atom is 0.307 e. The summed E-state index contributed by atoms with van der Waals surface area (Å²) in [6.07, 6.45) is -1.48. The van der Waals surface area contributed by atoms with Gasteiger partial charge in [0.05, 0.1) is 17.8 Å². The van der Waals surface area contributed by atoms with Crippen LogP contribution in [0, 0.1) is 18.8 Å². The Bertz CT molecular complexity index is 1140. The van der Waals surface area contributed by atoms with E-state index in [1.165, 1.54) is 30.5 Å². The molecule has 1 aliphatic rings. The minimum atomic E-state index is -1.63. The number of benzene rings is 2. The summed E-state index contributed by atoms with van der Waals surface area (Å²) in [6, 6.07) is 15.0. The van der Waals surface area contributed by atoms with Gasteiger partial charge in [0.2, 0.25) is 11.8 Å². The second-order valence-electron chi connectivity index (χ2n) is 9.63. The summed E-state index contributed by atoms with van der Waals surface area (Å²) in [5, 5.41) is 26.0. The Morgan fingerprint density at radius 1 is 1.03 bits per heavy atom. The summed E-state index contributed by atoms with van der Waals surface area (Å²) in [5.41, 5.74) is 2.80. The van der Waals surface area contributed by atoms with Gasteiger partial charge in [-0.2, -0.15) is 0 Å². The second-order valence-corrected chi connectivity index (χ2v) is 10.6. The molecule has 5 atom stereocenters. The van der Waals surface area contributed by atoms with Crippen LogP contribution in [-0.2, 0) is 32.1 Å². The van der Waals surface area contributed by atoms with E-state index in [0.29, 0.717) is 12.3 Å². The molecule has 9 nitrogen and oxygen atoms in total. The normalized spacial score (nSPS) is 18.2. The van der Waals surface area contributed by atoms with Crippen molar-refractivity contribution in [3.05, 3.63) is 71.3 Å². The Morgan fingerprint density at radius 2 is 1.68 bits per heavy atom. The number of hydrogen-bond donors (Lipinski definition) is 4. The number of aliphatic hydroxyl groups excluding tert-OH is 1. The van der Waals surface area contributed by atoms with E-state index < -0.39 is 47.8 Å². The maximum absolute atomic E-state index is 13.5. The van der Waals surface area contributed by atoms with E-state index in [0.717, 1.165) is 16.7 Å². The van der Waals surface area contributed by atoms with Gasteiger partial charge in [-0.1, -0.05) is 68.4 Å². The maximum atomic E-state index is 13.5. The monoisotopic (exact) mass is 541 g/mol. The smallest absolute Gasteiger partial charge is 0.307 e. The third-order valence-electron chi connectivity index (χ3n) is 7.00. The number of hydrogen-bond acceptors (Lipinski definition) is 6. The zero-order valence-corrected chi connectivity index (χ0v) is 22.6. The molecular formula is C28H35N3O6S. The number of carbonyl (C=O) groups is 4. The third kappa shape index (κ3) is 7.35. The minimum Gasteiger partial charge on any atom is -0.481 e. The molecule has 3 rings (SSSR count). The average Bonchev–Trinajstić information content (AvgIpc) is 3.41. The van der Waals surface area contributed by atoms with Crippen LogP contribution in [0.2, 0.25) is 0 Å². The number of aliphatic hydroxyl groups is 1. The minimum absolute atomic E-state index is 0.152. The van der Waals surface area contributed by atoms with Crippen molar-refractivity contribution in [2.24, 2.45) is 11.8 Å². The van der Waals surface area contributed by atoms with Crippen LogP contribution in [0.5, 0.6) is 0 Å². The first-order chi connectivity index (χ1) is 18.1. The number of amides is 3. The lowest BCUT2D eigenvalue weighted by Gasteiger charge is -2.30. The molecule has 1 saturated heterocycles. The fraction of sp³-hybridized carbons (Fsp3) is 0.429. The van der Waals surface area contributed by atoms with Gasteiger partial charge in [0, 0.05) is 18.2 Å². The Morgan fingerprint density at radius 3 is 2.34 bits per heavy atom. The zero-order valence-electron chi connectivity index (χ0n) is 21.8. The van der Waals surface area contributed by atoms with E-state index in [-0.39, 0.29) is 18.2 Å². The van der Waals surface area contributed by atoms with Gasteiger partial charge in [0.15, 0.2) is 6.10 Å². The molecule has 0 bridgehead atoms. The van der Waals surface area contributed by atoms with Gasteiger partial charge >= 0.3 is 5.97 Å². The summed E-state index contributed by atoms with van der Waals surface area (Å²) < 4.78 is 0. The average molecular weight is 542 g/mol. The number of nitrogens with one attached hydrogen (secondary N) is 2. The summed E-state index contributed by atoms with van der Waals surface area (Å²) in [7, 11) is 0. The molecule has 0 aliphatic carbocycles. The van der Waals surface area contributed by atoms with Gasteiger partial charge in [-0.05, 0) is 30.0 Å². The molecule has 3 amide bonds. The lowest BCUT2D eigenvalue weighted by molar-refractivity contribution is -0.148. The number of rotatable bonds is 11. The molecular weight excluding hydrogens is 506 g/mol. The third-order valence-corrected chi connectivity index (χ3v) is 8.01. The Labute approximate surface area is 227 Å². The molecule has 2 unspecified atom stereocenters. The highest BCUT2D eigenvalue weighted by Gasteiger charge is 2.40. The summed E-state index contributed by atoms with van der Waals surface area (Å²) in [4.78, 5) is 52.1. The van der Waals surface area contributed by atoms with Crippen LogP contribution in [0.4, 0.5) is 0 Å². The van der Waals surface area contributed by atoms with Crippen molar-refractivity contribution < 1.29 is 29.4 Å². The highest BCUT2D eigenvalue weighted by molar-refractivity contribution is 7.99. The fourth-order valence-corrected chi connectivity index (χ4v) is 5.36. The number of carboxylic acid groups (broad SMARTS) is 1. The highest BCUT2D eigenvalue weighted by Crippen LogP contribution is 2.24. The number of aliphatic carboxylic acids is 1. The van der Waals surface area contributed by atoms with Gasteiger partial charge in [-0.15, -0.1) is 11.8 Å². The lowest BCUT2D eigenvalue weighted by atomic mass is 9.93. The van der Waals surface area contributed by atoms with Crippen molar-refractivity contribution in [3.8, 4) is 0 Å². The highest BCUT2D eigenvalue weighted by atomic mass is 32.2. The lowest BCUT2D eigenvalue weighted by Crippen LogP contribution is -2.57. The van der Waals surface area contributed by atoms with Crippen molar-refractivity contribution in [1.82, 2.24) is 15.5 Å². The van der Waals surface area contributed by atoms with Gasteiger partial charge < -0.3 is 25.7 Å². The molecule has 2 aromatic rings. The predicted octanol–water partition coefficient (Wildman–Crippen LogP) is 1.96. The Kier molecular flexibility index (Phi) is 10.3. The number of thioether (sulfide) groups is 1. The fourth-order valence-electron chi connectivity index (χ4n) is 4.19. The molecule has 0 radical (unpaired) electrons. The molecule has 38 heavy (non-hydrogen) atoms. The van der Waals surface area contributed by atoms with Crippen molar-refractivity contribution in [3.63, 3.8) is 0 Å². The van der Waals surface area contributed by atoms with E-state index in [4.69, 9.17) is 0 Å². The van der Waals surface area contributed by atoms with Crippen LogP contribution < -0.4 is 10.6 Å². The molecule has 1 fully saturated rings. The molecule has 1 heterocycles. The van der Waals surface area contributed by atoms with Crippen LogP contribution >= 0.6 is 11.8 Å². The molecule has 0 aromatic heterocycles. The summed E-state index contributed by atoms with van der Waals surface area (Å²) in [5.74, 6) is -3.87. The van der Waals surface area contributed by atoms with Crippen molar-refractivity contribution in [1.29, 1.82) is 0 Å². The largest absolute Gasteiger partial charge is 0.481 e. The predicted molar refractivity (Wildman–Crippen MR) is 145 cm³/mol. The number of aryl methyl sites for hydroxylation is 1. The van der Waals surface area contributed by atoms with E-state index >= 15 is 0 Å². The van der Waals surface area contributed by atoms with Crippen molar-refractivity contribution in [2.45, 2.75) is 51.9 Å². The van der Waals surface area contributed by atoms with Crippen LogP contribution in [0.3, 0.4) is 0 Å². The standard InChI is InChI=1S/C28H35N3O6S/c1-17-9-7-8-12-21(17)14-29-26(34)23-15-38-16-31(23)27(35)24(32)22(13-20-10-5-4-6-11-20)30-25(33)18(2)19(3)28(36)37/h4-12,18-19,22-24,32H,13-16H2,1-3H3,(H,29,34)(H,30,33)(H,36,37)/t18?,19?,22-,23-,24-/m0/s1. The number of carbonyl (C=O) groups excluding carboxylic acids is 3. The molecule has 4 N–H and O–H groups in total. The van der Waals surface area contributed by atoms with Crippen LogP contribution in [-0.4, -0.2) is 68.6 Å². The first kappa shape index (κ1) is 29.2. The molecule has 0 spiro atoms. The van der Waals surface area contributed by atoms with E-state index in [1.807, 2.05) is 61.5 Å². The van der Waals surface area contributed by atoms with Gasteiger partial charge in [0.25, 0.3) is 5.91 Å². The Hall–Kier alpha value is -3.37. The Balaban J connectivity index is 1.73. The van der Waals surface area contributed by atoms with Crippen LogP contribution in [0.25, 0.3) is 0 Å². The van der Waals surface area contributed by atoms with Crippen LogP contribution in [0.15, 0.2) is 54.6 Å². The molecule has 10 heteroatoms. The quantitative estimate of drug-likeness (QED) is 0.341. The zero-order chi connectivity index (χ0) is 27.8. The first-order valence-electron chi connectivity index (χ1n) is 12.6. The topological polar surface area (TPSA) is 136 Å². The molecule has 2 aromatic carbocycles. The van der Waals surface area contributed by atoms with Crippen molar-refractivity contribution in [2.75, 3.05) is 11.6 Å².